The maximum absolute atomic E-state index is 5.24. The smallest absolute Gasteiger partial charge is 0.147 e. The van der Waals surface area contributed by atoms with Crippen molar-refractivity contribution in [3.63, 3.8) is 0 Å². The van der Waals surface area contributed by atoms with E-state index in [1.165, 1.54) is 5.56 Å². The molecule has 116 valence electrons. The van der Waals surface area contributed by atoms with Crippen LogP contribution in [0.1, 0.15) is 18.1 Å². The fourth-order valence-corrected chi connectivity index (χ4v) is 2.46. The number of para-hydroxylation sites is 1. The fraction of sp³-hybridized carbons (Fsp3) is 0.158. The molecule has 1 N–H and O–H groups in total. The SMILES string of the molecule is COc1cccc(/C(C)=N/Nc2cc(C)c3ccccc3n2)c1. The van der Waals surface area contributed by atoms with E-state index in [0.717, 1.165) is 33.7 Å². The maximum atomic E-state index is 5.24. The highest BCUT2D eigenvalue weighted by Gasteiger charge is 2.03. The molecule has 0 saturated carbocycles. The molecule has 1 aromatic heterocycles. The molecule has 0 fully saturated rings. The summed E-state index contributed by atoms with van der Waals surface area (Å²) in [6, 6.07) is 17.9. The Morgan fingerprint density at radius 2 is 1.91 bits per heavy atom. The van der Waals surface area contributed by atoms with Crippen LogP contribution >= 0.6 is 0 Å². The fourth-order valence-electron chi connectivity index (χ4n) is 2.46. The third-order valence-electron chi connectivity index (χ3n) is 3.75. The molecule has 0 aliphatic carbocycles. The first kappa shape index (κ1) is 15.0. The summed E-state index contributed by atoms with van der Waals surface area (Å²) in [6.07, 6.45) is 0. The molecule has 0 aliphatic heterocycles. The summed E-state index contributed by atoms with van der Waals surface area (Å²) < 4.78 is 5.24. The van der Waals surface area contributed by atoms with Crippen LogP contribution in [0, 0.1) is 6.92 Å². The number of methoxy groups -OCH3 is 1. The summed E-state index contributed by atoms with van der Waals surface area (Å²) in [5.41, 5.74) is 7.07. The van der Waals surface area contributed by atoms with Gasteiger partial charge in [-0.25, -0.2) is 4.98 Å². The largest absolute Gasteiger partial charge is 0.497 e. The van der Waals surface area contributed by atoms with Crippen molar-refractivity contribution in [1.29, 1.82) is 0 Å². The first-order valence-electron chi connectivity index (χ1n) is 7.48. The molecule has 3 rings (SSSR count). The molecular weight excluding hydrogens is 286 g/mol. The second kappa shape index (κ2) is 6.48. The molecule has 4 heteroatoms. The second-order valence-corrected chi connectivity index (χ2v) is 5.38. The minimum absolute atomic E-state index is 0.739. The van der Waals surface area contributed by atoms with Gasteiger partial charge in [-0.3, -0.25) is 5.43 Å². The third-order valence-corrected chi connectivity index (χ3v) is 3.75. The number of aromatic nitrogens is 1. The van der Waals surface area contributed by atoms with Gasteiger partial charge in [0.05, 0.1) is 18.3 Å². The summed E-state index contributed by atoms with van der Waals surface area (Å²) in [5, 5.41) is 5.60. The van der Waals surface area contributed by atoms with Gasteiger partial charge < -0.3 is 4.74 Å². The quantitative estimate of drug-likeness (QED) is 0.574. The van der Waals surface area contributed by atoms with Crippen LogP contribution in [0.15, 0.2) is 59.7 Å². The van der Waals surface area contributed by atoms with Gasteiger partial charge >= 0.3 is 0 Å². The summed E-state index contributed by atoms with van der Waals surface area (Å²) in [5.74, 6) is 1.56. The van der Waals surface area contributed by atoms with E-state index in [1.54, 1.807) is 7.11 Å². The van der Waals surface area contributed by atoms with Gasteiger partial charge in [-0.2, -0.15) is 5.10 Å². The van der Waals surface area contributed by atoms with Crippen LogP contribution in [0.3, 0.4) is 0 Å². The van der Waals surface area contributed by atoms with E-state index in [2.05, 4.69) is 28.5 Å². The van der Waals surface area contributed by atoms with Crippen molar-refractivity contribution < 1.29 is 4.74 Å². The van der Waals surface area contributed by atoms with Crippen molar-refractivity contribution in [3.8, 4) is 5.75 Å². The molecule has 0 bridgehead atoms. The van der Waals surface area contributed by atoms with Crippen LogP contribution in [0.25, 0.3) is 10.9 Å². The Kier molecular flexibility index (Phi) is 4.24. The Bertz CT molecular complexity index is 871. The lowest BCUT2D eigenvalue weighted by Gasteiger charge is -2.07. The van der Waals surface area contributed by atoms with Crippen LogP contribution < -0.4 is 10.2 Å². The van der Waals surface area contributed by atoms with E-state index in [-0.39, 0.29) is 0 Å². The van der Waals surface area contributed by atoms with Gasteiger partial charge in [0, 0.05) is 10.9 Å². The molecule has 1 heterocycles. The lowest BCUT2D eigenvalue weighted by Crippen LogP contribution is -2.01. The molecule has 0 unspecified atom stereocenters. The first-order chi connectivity index (χ1) is 11.2. The van der Waals surface area contributed by atoms with Gasteiger partial charge in [0.1, 0.15) is 11.6 Å². The monoisotopic (exact) mass is 305 g/mol. The number of hydrogen-bond donors (Lipinski definition) is 1. The van der Waals surface area contributed by atoms with E-state index in [4.69, 9.17) is 4.74 Å². The van der Waals surface area contributed by atoms with Crippen LogP contribution in [0.2, 0.25) is 0 Å². The number of fused-ring (bicyclic) bond motifs is 1. The van der Waals surface area contributed by atoms with Crippen molar-refractivity contribution in [2.45, 2.75) is 13.8 Å². The number of nitrogens with one attached hydrogen (secondary N) is 1. The summed E-state index contributed by atoms with van der Waals surface area (Å²) in [6.45, 7) is 4.03. The van der Waals surface area contributed by atoms with E-state index in [1.807, 2.05) is 55.5 Å². The average molecular weight is 305 g/mol. The number of benzene rings is 2. The Morgan fingerprint density at radius 1 is 1.09 bits per heavy atom. The van der Waals surface area contributed by atoms with E-state index in [9.17, 15) is 0 Å². The van der Waals surface area contributed by atoms with Gasteiger partial charge in [0.25, 0.3) is 0 Å². The van der Waals surface area contributed by atoms with Crippen LogP contribution in [0.5, 0.6) is 5.75 Å². The van der Waals surface area contributed by atoms with Gasteiger partial charge in [-0.05, 0) is 43.7 Å². The van der Waals surface area contributed by atoms with Gasteiger partial charge in [0.15, 0.2) is 0 Å². The zero-order valence-electron chi connectivity index (χ0n) is 13.5. The standard InChI is InChI=1S/C19H19N3O/c1-13-11-19(20-18-10-5-4-9-17(13)18)22-21-14(2)15-7-6-8-16(12-15)23-3/h4-12H,1-3H3,(H,20,22)/b21-14+. The molecule has 0 aliphatic rings. The highest BCUT2D eigenvalue weighted by Crippen LogP contribution is 2.20. The second-order valence-electron chi connectivity index (χ2n) is 5.38. The number of ether oxygens (including phenoxy) is 1. The number of nitrogens with zero attached hydrogens (tertiary/aromatic N) is 2. The molecule has 0 saturated heterocycles. The molecule has 3 aromatic rings. The van der Waals surface area contributed by atoms with Crippen molar-refractivity contribution in [2.24, 2.45) is 5.10 Å². The average Bonchev–Trinajstić information content (AvgIpc) is 2.60. The molecule has 0 spiro atoms. The van der Waals surface area contributed by atoms with E-state index < -0.39 is 0 Å². The molecule has 2 aromatic carbocycles. The summed E-state index contributed by atoms with van der Waals surface area (Å²) >= 11 is 0. The van der Waals surface area contributed by atoms with E-state index in [0.29, 0.717) is 0 Å². The normalized spacial score (nSPS) is 11.5. The van der Waals surface area contributed by atoms with Gasteiger partial charge in [-0.15, -0.1) is 0 Å². The van der Waals surface area contributed by atoms with Crippen molar-refractivity contribution >= 4 is 22.4 Å². The molecule has 0 radical (unpaired) electrons. The Hall–Kier alpha value is -2.88. The van der Waals surface area contributed by atoms with Crippen molar-refractivity contribution in [2.75, 3.05) is 12.5 Å². The van der Waals surface area contributed by atoms with Crippen LogP contribution in [0.4, 0.5) is 5.82 Å². The molecular formula is C19H19N3O. The zero-order valence-corrected chi connectivity index (χ0v) is 13.5. The minimum Gasteiger partial charge on any atom is -0.497 e. The Balaban J connectivity index is 1.86. The van der Waals surface area contributed by atoms with Gasteiger partial charge in [0.2, 0.25) is 0 Å². The Labute approximate surface area is 135 Å². The van der Waals surface area contributed by atoms with Crippen LogP contribution in [-0.4, -0.2) is 17.8 Å². The lowest BCUT2D eigenvalue weighted by atomic mass is 10.1. The number of anilines is 1. The highest BCUT2D eigenvalue weighted by atomic mass is 16.5. The highest BCUT2D eigenvalue weighted by molar-refractivity contribution is 5.99. The van der Waals surface area contributed by atoms with E-state index >= 15 is 0 Å². The summed E-state index contributed by atoms with van der Waals surface area (Å²) in [4.78, 5) is 4.59. The molecule has 23 heavy (non-hydrogen) atoms. The number of pyridine rings is 1. The first-order valence-corrected chi connectivity index (χ1v) is 7.48. The van der Waals surface area contributed by atoms with Crippen molar-refractivity contribution in [3.05, 3.63) is 65.7 Å². The summed E-state index contributed by atoms with van der Waals surface area (Å²) in [7, 11) is 1.66. The Morgan fingerprint density at radius 3 is 2.74 bits per heavy atom. The number of hydrazone groups is 1. The number of hydrogen-bond acceptors (Lipinski definition) is 4. The van der Waals surface area contributed by atoms with Gasteiger partial charge in [-0.1, -0.05) is 30.3 Å². The molecule has 4 nitrogen and oxygen atoms in total. The lowest BCUT2D eigenvalue weighted by molar-refractivity contribution is 0.414. The van der Waals surface area contributed by atoms with Crippen LogP contribution in [-0.2, 0) is 0 Å². The topological polar surface area (TPSA) is 46.5 Å². The predicted octanol–water partition coefficient (Wildman–Crippen LogP) is 4.39. The molecule has 0 atom stereocenters. The predicted molar refractivity (Wildman–Crippen MR) is 95.3 cm³/mol. The third kappa shape index (κ3) is 3.31. The number of rotatable bonds is 4. The maximum Gasteiger partial charge on any atom is 0.147 e. The molecule has 0 amide bonds. The number of aryl methyl sites for hydroxylation is 1. The minimum atomic E-state index is 0.739. The van der Waals surface area contributed by atoms with Crippen molar-refractivity contribution in [1.82, 2.24) is 4.98 Å². The zero-order chi connectivity index (χ0) is 16.2.